The molecule has 7 heteroatoms. The van der Waals surface area contributed by atoms with E-state index >= 15 is 0 Å². The number of para-hydroxylation sites is 1. The predicted molar refractivity (Wildman–Crippen MR) is 127 cm³/mol. The van der Waals surface area contributed by atoms with E-state index in [1.165, 1.54) is 18.2 Å². The van der Waals surface area contributed by atoms with Crippen LogP contribution in [0.15, 0.2) is 71.6 Å². The van der Waals surface area contributed by atoms with Crippen molar-refractivity contribution in [3.63, 3.8) is 0 Å². The van der Waals surface area contributed by atoms with Gasteiger partial charge in [0.1, 0.15) is 16.8 Å². The fourth-order valence-electron chi connectivity index (χ4n) is 4.30. The Bertz CT molecular complexity index is 1300. The molecule has 1 aliphatic rings. The van der Waals surface area contributed by atoms with E-state index in [1.807, 2.05) is 63.2 Å². The first-order valence-corrected chi connectivity index (χ1v) is 12.4. The van der Waals surface area contributed by atoms with Crippen molar-refractivity contribution in [2.75, 3.05) is 5.32 Å². The number of fused-ring (bicyclic) bond motifs is 1. The molecule has 0 fully saturated rings. The van der Waals surface area contributed by atoms with E-state index in [4.69, 9.17) is 0 Å². The van der Waals surface area contributed by atoms with Crippen LogP contribution in [0.4, 0.5) is 10.1 Å². The number of hydrogen-bond donors (Lipinski definition) is 1. The Morgan fingerprint density at radius 3 is 2.36 bits per heavy atom. The Balaban J connectivity index is 1.77. The molecule has 3 aromatic carbocycles. The van der Waals surface area contributed by atoms with Crippen molar-refractivity contribution in [1.29, 1.82) is 0 Å². The lowest BCUT2D eigenvalue weighted by Gasteiger charge is -2.35. The van der Waals surface area contributed by atoms with Crippen molar-refractivity contribution in [2.45, 2.75) is 50.6 Å². The minimum Gasteiger partial charge on any atom is -0.324 e. The molecule has 0 saturated carbocycles. The second-order valence-electron chi connectivity index (χ2n) is 8.65. The first-order chi connectivity index (χ1) is 15.7. The van der Waals surface area contributed by atoms with Crippen LogP contribution in [0, 0.1) is 12.7 Å². The summed E-state index contributed by atoms with van der Waals surface area (Å²) in [4.78, 5) is 13.1. The van der Waals surface area contributed by atoms with Gasteiger partial charge in [0.25, 0.3) is 0 Å². The molecule has 4 rings (SSSR count). The fraction of sp³-hybridized carbons (Fsp3) is 0.269. The van der Waals surface area contributed by atoms with Crippen LogP contribution in [-0.4, -0.2) is 24.7 Å². The number of carbonyl (C=O) groups excluding carboxylic acids is 1. The Hall–Kier alpha value is -3.03. The van der Waals surface area contributed by atoms with Crippen molar-refractivity contribution in [3.8, 4) is 0 Å². The van der Waals surface area contributed by atoms with Gasteiger partial charge in [0.2, 0.25) is 15.9 Å². The number of nitrogens with zero attached hydrogens (tertiary/aromatic N) is 1. The fourth-order valence-corrected chi connectivity index (χ4v) is 5.94. The van der Waals surface area contributed by atoms with Gasteiger partial charge in [0.05, 0.1) is 0 Å². The molecule has 0 radical (unpaired) electrons. The highest BCUT2D eigenvalue weighted by atomic mass is 32.2. The number of carbonyl (C=O) groups is 1. The quantitative estimate of drug-likeness (QED) is 0.575. The van der Waals surface area contributed by atoms with Crippen molar-refractivity contribution < 1.29 is 17.6 Å². The lowest BCUT2D eigenvalue weighted by Crippen LogP contribution is -2.50. The molecule has 172 valence electrons. The lowest BCUT2D eigenvalue weighted by molar-refractivity contribution is -0.120. The van der Waals surface area contributed by atoms with Crippen LogP contribution in [0.1, 0.15) is 42.0 Å². The molecule has 5 nitrogen and oxygen atoms in total. The molecular formula is C26H27FN2O3S. The lowest BCUT2D eigenvalue weighted by atomic mass is 9.94. The van der Waals surface area contributed by atoms with E-state index in [1.54, 1.807) is 0 Å². The van der Waals surface area contributed by atoms with E-state index in [-0.39, 0.29) is 18.9 Å². The van der Waals surface area contributed by atoms with Gasteiger partial charge >= 0.3 is 0 Å². The number of aryl methyl sites for hydroxylation is 1. The van der Waals surface area contributed by atoms with E-state index in [0.29, 0.717) is 5.69 Å². The topological polar surface area (TPSA) is 66.5 Å². The predicted octanol–water partition coefficient (Wildman–Crippen LogP) is 5.01. The third-order valence-corrected chi connectivity index (χ3v) is 7.99. The summed E-state index contributed by atoms with van der Waals surface area (Å²) in [5.74, 6) is -1.09. The minimum atomic E-state index is -4.26. The summed E-state index contributed by atoms with van der Waals surface area (Å²) in [5.41, 5.74) is 4.28. The van der Waals surface area contributed by atoms with E-state index < -0.39 is 32.7 Å². The average Bonchev–Trinajstić information content (AvgIpc) is 2.79. The molecule has 1 N–H and O–H groups in total. The van der Waals surface area contributed by atoms with Gasteiger partial charge in [0, 0.05) is 12.2 Å². The van der Waals surface area contributed by atoms with Gasteiger partial charge in [-0.25, -0.2) is 12.8 Å². The van der Waals surface area contributed by atoms with E-state index in [2.05, 4.69) is 5.32 Å². The van der Waals surface area contributed by atoms with Crippen LogP contribution in [0.3, 0.4) is 0 Å². The molecule has 0 saturated heterocycles. The molecule has 3 aromatic rings. The zero-order chi connectivity index (χ0) is 23.8. The van der Waals surface area contributed by atoms with Gasteiger partial charge in [0.15, 0.2) is 0 Å². The maximum Gasteiger partial charge on any atom is 0.247 e. The van der Waals surface area contributed by atoms with Crippen LogP contribution in [0.2, 0.25) is 0 Å². The van der Waals surface area contributed by atoms with Crippen molar-refractivity contribution in [2.24, 2.45) is 0 Å². The summed E-state index contributed by atoms with van der Waals surface area (Å²) in [7, 11) is -4.26. The monoisotopic (exact) mass is 466 g/mol. The Kier molecular flexibility index (Phi) is 6.36. The number of rotatable bonds is 5. The summed E-state index contributed by atoms with van der Waals surface area (Å²) in [6.07, 6.45) is 0.207. The molecule has 1 aliphatic heterocycles. The first-order valence-electron chi connectivity index (χ1n) is 10.9. The summed E-state index contributed by atoms with van der Waals surface area (Å²) in [6, 6.07) is 17.5. The number of hydrogen-bond acceptors (Lipinski definition) is 3. The molecule has 1 heterocycles. The van der Waals surface area contributed by atoms with Crippen LogP contribution >= 0.6 is 0 Å². The van der Waals surface area contributed by atoms with Gasteiger partial charge in [-0.1, -0.05) is 68.4 Å². The highest BCUT2D eigenvalue weighted by molar-refractivity contribution is 7.89. The standard InChI is InChI=1S/C26H27FN2O3S/c1-17(2)21-12-8-9-18(3)25(21)28-26(30)23-15-19-10-4-5-11-20(19)16-29(23)33(31,32)24-14-7-6-13-22(24)27/h4-14,17,23H,15-16H2,1-3H3,(H,28,30)/t23-/m0/s1. The number of benzene rings is 3. The molecule has 1 atom stereocenters. The number of sulfonamides is 1. The zero-order valence-electron chi connectivity index (χ0n) is 18.9. The van der Waals surface area contributed by atoms with Crippen LogP contribution < -0.4 is 5.32 Å². The molecule has 33 heavy (non-hydrogen) atoms. The summed E-state index contributed by atoms with van der Waals surface area (Å²) in [5, 5.41) is 2.99. The number of anilines is 1. The maximum atomic E-state index is 14.5. The van der Waals surface area contributed by atoms with Crippen LogP contribution in [0.25, 0.3) is 0 Å². The smallest absolute Gasteiger partial charge is 0.247 e. The molecule has 0 spiro atoms. The van der Waals surface area contributed by atoms with Gasteiger partial charge in [-0.3, -0.25) is 4.79 Å². The van der Waals surface area contributed by atoms with Gasteiger partial charge in [-0.2, -0.15) is 4.31 Å². The molecule has 0 aliphatic carbocycles. The third-order valence-electron chi connectivity index (χ3n) is 6.11. The van der Waals surface area contributed by atoms with Gasteiger partial charge in [-0.05, 0) is 53.6 Å². The highest BCUT2D eigenvalue weighted by Gasteiger charge is 2.40. The maximum absolute atomic E-state index is 14.5. The van der Waals surface area contributed by atoms with E-state index in [9.17, 15) is 17.6 Å². The summed E-state index contributed by atoms with van der Waals surface area (Å²) in [6.45, 7) is 5.98. The molecular weight excluding hydrogens is 439 g/mol. The second-order valence-corrected chi connectivity index (χ2v) is 10.5. The van der Waals surface area contributed by atoms with Gasteiger partial charge < -0.3 is 5.32 Å². The van der Waals surface area contributed by atoms with Crippen molar-refractivity contribution in [3.05, 3.63) is 94.8 Å². The number of nitrogens with one attached hydrogen (secondary N) is 1. The summed E-state index contributed by atoms with van der Waals surface area (Å²) < 4.78 is 42.7. The Morgan fingerprint density at radius 2 is 1.67 bits per heavy atom. The Morgan fingerprint density at radius 1 is 1.00 bits per heavy atom. The normalized spacial score (nSPS) is 16.5. The minimum absolute atomic E-state index is 0.00423. The number of amides is 1. The van der Waals surface area contributed by atoms with Gasteiger partial charge in [-0.15, -0.1) is 0 Å². The second kappa shape index (κ2) is 9.08. The zero-order valence-corrected chi connectivity index (χ0v) is 19.7. The SMILES string of the molecule is Cc1cccc(C(C)C)c1NC(=O)[C@@H]1Cc2ccccc2CN1S(=O)(=O)c1ccccc1F. The largest absolute Gasteiger partial charge is 0.324 e. The third kappa shape index (κ3) is 4.43. The van der Waals surface area contributed by atoms with Crippen LogP contribution in [0.5, 0.6) is 0 Å². The number of halogens is 1. The van der Waals surface area contributed by atoms with Crippen LogP contribution in [-0.2, 0) is 27.8 Å². The van der Waals surface area contributed by atoms with Crippen molar-refractivity contribution in [1.82, 2.24) is 4.31 Å². The van der Waals surface area contributed by atoms with Crippen molar-refractivity contribution >= 4 is 21.6 Å². The summed E-state index contributed by atoms with van der Waals surface area (Å²) >= 11 is 0. The molecule has 0 bridgehead atoms. The molecule has 0 unspecified atom stereocenters. The van der Waals surface area contributed by atoms with E-state index in [0.717, 1.165) is 32.6 Å². The average molecular weight is 467 g/mol. The Labute approximate surface area is 194 Å². The molecule has 0 aromatic heterocycles. The first kappa shape index (κ1) is 23.1. The molecule has 1 amide bonds. The highest BCUT2D eigenvalue weighted by Crippen LogP contribution is 2.32.